The van der Waals surface area contributed by atoms with Gasteiger partial charge in [-0.05, 0) is 104 Å². The third kappa shape index (κ3) is 6.66. The fourth-order valence-electron chi connectivity index (χ4n) is 11.2. The number of nitrogens with zero attached hydrogens (tertiary/aromatic N) is 2. The summed E-state index contributed by atoms with van der Waals surface area (Å²) >= 11 is 0. The molecule has 0 radical (unpaired) electrons. The number of benzene rings is 12. The van der Waals surface area contributed by atoms with E-state index in [1.54, 1.807) is 0 Å². The van der Waals surface area contributed by atoms with Crippen molar-refractivity contribution in [3.8, 4) is 50.2 Å². The van der Waals surface area contributed by atoms with E-state index >= 15 is 0 Å². The van der Waals surface area contributed by atoms with Crippen LogP contribution in [0.1, 0.15) is 0 Å². The molecule has 0 unspecified atom stereocenters. The van der Waals surface area contributed by atoms with Crippen molar-refractivity contribution in [3.63, 3.8) is 0 Å². The maximum atomic E-state index is 6.96. The van der Waals surface area contributed by atoms with Crippen molar-refractivity contribution < 1.29 is 4.42 Å². The minimum atomic E-state index is 0.856. The van der Waals surface area contributed by atoms with Gasteiger partial charge in [0.15, 0.2) is 0 Å². The zero-order chi connectivity index (χ0) is 46.8. The predicted molar refractivity (Wildman–Crippen MR) is 299 cm³/mol. The third-order valence-corrected chi connectivity index (χ3v) is 14.4. The van der Waals surface area contributed by atoms with Gasteiger partial charge in [-0.3, -0.25) is 0 Å². The first-order chi connectivity index (χ1) is 35.2. The van der Waals surface area contributed by atoms with Crippen molar-refractivity contribution in [2.45, 2.75) is 0 Å². The van der Waals surface area contributed by atoms with Gasteiger partial charge in [-0.25, -0.2) is 0 Å². The number of anilines is 3. The highest BCUT2D eigenvalue weighted by atomic mass is 16.3. The fourth-order valence-corrected chi connectivity index (χ4v) is 11.2. The van der Waals surface area contributed by atoms with Crippen LogP contribution in [0.3, 0.4) is 0 Å². The Labute approximate surface area is 411 Å². The Hall–Kier alpha value is -9.44. The van der Waals surface area contributed by atoms with E-state index in [4.69, 9.17) is 4.42 Å². The molecule has 3 nitrogen and oxygen atoms in total. The van der Waals surface area contributed by atoms with Crippen molar-refractivity contribution >= 4 is 82.4 Å². The third-order valence-electron chi connectivity index (χ3n) is 14.4. The molecule has 0 fully saturated rings. The summed E-state index contributed by atoms with van der Waals surface area (Å²) in [6.45, 7) is 0. The molecular formula is C68H44N2O. The van der Waals surface area contributed by atoms with E-state index in [0.29, 0.717) is 0 Å². The Morgan fingerprint density at radius 2 is 0.887 bits per heavy atom. The molecule has 2 heterocycles. The topological polar surface area (TPSA) is 21.3 Å². The van der Waals surface area contributed by atoms with E-state index in [-0.39, 0.29) is 0 Å². The Kier molecular flexibility index (Phi) is 9.53. The minimum absolute atomic E-state index is 0.856. The Bertz CT molecular complexity index is 4300. The molecule has 3 heteroatoms. The van der Waals surface area contributed by atoms with Gasteiger partial charge >= 0.3 is 0 Å². The molecule has 0 aliphatic rings. The lowest BCUT2D eigenvalue weighted by Gasteiger charge is -2.28. The van der Waals surface area contributed by atoms with Crippen LogP contribution in [0.4, 0.5) is 17.1 Å². The van der Waals surface area contributed by atoms with Gasteiger partial charge in [-0.2, -0.15) is 0 Å². The Morgan fingerprint density at radius 1 is 0.310 bits per heavy atom. The molecule has 71 heavy (non-hydrogen) atoms. The van der Waals surface area contributed by atoms with Crippen LogP contribution < -0.4 is 4.90 Å². The van der Waals surface area contributed by atoms with Crippen molar-refractivity contribution in [2.24, 2.45) is 0 Å². The maximum absolute atomic E-state index is 6.96. The fraction of sp³-hybridized carbons (Fsp3) is 0. The highest BCUT2D eigenvalue weighted by molar-refractivity contribution is 6.21. The number of para-hydroxylation sites is 3. The van der Waals surface area contributed by atoms with Crippen LogP contribution in [0.15, 0.2) is 271 Å². The molecule has 332 valence electrons. The van der Waals surface area contributed by atoms with Gasteiger partial charge in [0, 0.05) is 44.0 Å². The average Bonchev–Trinajstić information content (AvgIpc) is 4.01. The molecule has 2 aromatic heterocycles. The number of aromatic nitrogens is 1. The van der Waals surface area contributed by atoms with Gasteiger partial charge in [0.2, 0.25) is 0 Å². The SMILES string of the molecule is c1ccc(-c2ccc(-c3ccc(N(c4ccc(-c5cccc6c5c5cccc(-c7ccccc7)c5n6-c5ccccc5)cc4)c4cccc5c4ccc4ccccc45)c4c3oc3ccccc34)cc2)cc1. The van der Waals surface area contributed by atoms with Gasteiger partial charge in [0.1, 0.15) is 11.2 Å². The number of hydrogen-bond donors (Lipinski definition) is 0. The van der Waals surface area contributed by atoms with E-state index in [9.17, 15) is 0 Å². The van der Waals surface area contributed by atoms with E-state index in [0.717, 1.165) is 61.4 Å². The molecule has 0 bridgehead atoms. The predicted octanol–water partition coefficient (Wildman–Crippen LogP) is 19.1. The van der Waals surface area contributed by atoms with Gasteiger partial charge < -0.3 is 13.9 Å². The summed E-state index contributed by atoms with van der Waals surface area (Å²) < 4.78 is 9.40. The number of furan rings is 1. The van der Waals surface area contributed by atoms with Crippen LogP contribution in [0.5, 0.6) is 0 Å². The second-order valence-electron chi connectivity index (χ2n) is 18.4. The van der Waals surface area contributed by atoms with Crippen LogP contribution in [0, 0.1) is 0 Å². The Morgan fingerprint density at radius 3 is 1.69 bits per heavy atom. The van der Waals surface area contributed by atoms with Crippen LogP contribution in [-0.2, 0) is 0 Å². The molecule has 0 saturated carbocycles. The first-order valence-electron chi connectivity index (χ1n) is 24.3. The molecule has 0 aliphatic heterocycles. The second-order valence-corrected chi connectivity index (χ2v) is 18.4. The minimum Gasteiger partial charge on any atom is -0.455 e. The van der Waals surface area contributed by atoms with Crippen LogP contribution >= 0.6 is 0 Å². The summed E-state index contributed by atoms with van der Waals surface area (Å²) in [5.41, 5.74) is 17.7. The lowest BCUT2D eigenvalue weighted by molar-refractivity contribution is 0.670. The molecule has 0 amide bonds. The summed E-state index contributed by atoms with van der Waals surface area (Å²) in [6.07, 6.45) is 0. The largest absolute Gasteiger partial charge is 0.455 e. The summed E-state index contributed by atoms with van der Waals surface area (Å²) in [6, 6.07) is 96.6. The van der Waals surface area contributed by atoms with E-state index in [1.165, 1.54) is 71.2 Å². The zero-order valence-corrected chi connectivity index (χ0v) is 38.7. The second kappa shape index (κ2) is 16.7. The van der Waals surface area contributed by atoms with Gasteiger partial charge in [-0.1, -0.05) is 212 Å². The lowest BCUT2D eigenvalue weighted by Crippen LogP contribution is -2.11. The highest BCUT2D eigenvalue weighted by Gasteiger charge is 2.25. The average molecular weight is 905 g/mol. The molecule has 0 N–H and O–H groups in total. The summed E-state index contributed by atoms with van der Waals surface area (Å²) in [5.74, 6) is 0. The first kappa shape index (κ1) is 40.6. The van der Waals surface area contributed by atoms with E-state index in [2.05, 4.69) is 276 Å². The van der Waals surface area contributed by atoms with Crippen molar-refractivity contribution in [2.75, 3.05) is 4.90 Å². The molecule has 0 aliphatic carbocycles. The molecule has 14 rings (SSSR count). The number of hydrogen-bond acceptors (Lipinski definition) is 2. The highest BCUT2D eigenvalue weighted by Crippen LogP contribution is 2.49. The van der Waals surface area contributed by atoms with Gasteiger partial charge in [0.25, 0.3) is 0 Å². The van der Waals surface area contributed by atoms with Crippen molar-refractivity contribution in [1.29, 1.82) is 0 Å². The van der Waals surface area contributed by atoms with Crippen molar-refractivity contribution in [3.05, 3.63) is 267 Å². The lowest BCUT2D eigenvalue weighted by atomic mass is 9.96. The van der Waals surface area contributed by atoms with Gasteiger partial charge in [0.05, 0.1) is 27.8 Å². The molecule has 0 atom stereocenters. The molecule has 14 aromatic rings. The van der Waals surface area contributed by atoms with Crippen LogP contribution in [0.2, 0.25) is 0 Å². The standard InChI is InChI=1S/C68H44N2O/c1-4-17-45(18-5-1)46-33-35-50(36-34-46)56-43-44-63(66-59-25-12-13-32-64(59)71-68(56)66)69(61-30-16-28-57-53-24-11-10-21-48(53)39-42-58(57)61)52-40-37-49(38-41-52)54-26-15-31-62-65(54)60-29-14-27-55(47-19-6-2-7-20-47)67(60)70(62)51-22-8-3-9-23-51/h1-44H. The molecule has 12 aromatic carbocycles. The normalized spacial score (nSPS) is 11.7. The summed E-state index contributed by atoms with van der Waals surface area (Å²) in [4.78, 5) is 2.45. The van der Waals surface area contributed by atoms with Gasteiger partial charge in [-0.15, -0.1) is 0 Å². The zero-order valence-electron chi connectivity index (χ0n) is 38.7. The van der Waals surface area contributed by atoms with Crippen molar-refractivity contribution in [1.82, 2.24) is 4.57 Å². The monoisotopic (exact) mass is 904 g/mol. The Balaban J connectivity index is 0.981. The molecular weight excluding hydrogens is 861 g/mol. The first-order valence-corrected chi connectivity index (χ1v) is 24.3. The number of rotatable bonds is 8. The van der Waals surface area contributed by atoms with E-state index in [1.807, 2.05) is 0 Å². The van der Waals surface area contributed by atoms with E-state index < -0.39 is 0 Å². The maximum Gasteiger partial charge on any atom is 0.145 e. The summed E-state index contributed by atoms with van der Waals surface area (Å²) in [7, 11) is 0. The molecule has 0 saturated heterocycles. The number of fused-ring (bicyclic) bond motifs is 9. The smallest absolute Gasteiger partial charge is 0.145 e. The molecule has 0 spiro atoms. The quantitative estimate of drug-likeness (QED) is 0.142. The van der Waals surface area contributed by atoms with Crippen LogP contribution in [0.25, 0.3) is 115 Å². The van der Waals surface area contributed by atoms with Crippen LogP contribution in [-0.4, -0.2) is 4.57 Å². The summed E-state index contributed by atoms with van der Waals surface area (Å²) in [5, 5.41) is 9.42.